The molecule has 0 aliphatic rings. The number of nitrogens with zero attached hydrogens (tertiary/aromatic N) is 3. The molecule has 1 heterocycles. The van der Waals surface area contributed by atoms with Gasteiger partial charge in [0.1, 0.15) is 5.69 Å². The third-order valence-electron chi connectivity index (χ3n) is 2.61. The normalized spacial score (nSPS) is 10.5. The maximum Gasteiger partial charge on any atom is 0.293 e. The van der Waals surface area contributed by atoms with Crippen LogP contribution in [0.1, 0.15) is 12.5 Å². The lowest BCUT2D eigenvalue weighted by molar-refractivity contribution is -0.384. The van der Waals surface area contributed by atoms with Crippen LogP contribution < -0.4 is 5.32 Å². The molecule has 0 saturated carbocycles. The number of aryl methyl sites for hydroxylation is 1. The minimum atomic E-state index is -0.505. The molecule has 1 aromatic carbocycles. The summed E-state index contributed by atoms with van der Waals surface area (Å²) in [5, 5.41) is 21.6. The lowest BCUT2D eigenvalue weighted by atomic mass is 10.2. The van der Waals surface area contributed by atoms with Crippen LogP contribution in [0.25, 0.3) is 0 Å². The lowest BCUT2D eigenvalue weighted by Crippen LogP contribution is -2.15. The molecule has 1 aromatic heterocycles. The van der Waals surface area contributed by atoms with Gasteiger partial charge >= 0.3 is 0 Å². The van der Waals surface area contributed by atoms with Gasteiger partial charge in [-0.3, -0.25) is 14.9 Å². The van der Waals surface area contributed by atoms with E-state index in [4.69, 9.17) is 0 Å². The van der Waals surface area contributed by atoms with Gasteiger partial charge in [-0.1, -0.05) is 47.9 Å². The van der Waals surface area contributed by atoms with Crippen LogP contribution in [0, 0.1) is 17.0 Å². The van der Waals surface area contributed by atoms with Crippen molar-refractivity contribution < 1.29 is 9.72 Å². The smallest absolute Gasteiger partial charge is 0.293 e. The van der Waals surface area contributed by atoms with Gasteiger partial charge in [0.2, 0.25) is 5.91 Å². The molecule has 0 spiro atoms. The number of aromatic nitrogens is 2. The van der Waals surface area contributed by atoms with E-state index in [0.717, 1.165) is 15.7 Å². The molecule has 0 atom stereocenters. The second-order valence-electron chi connectivity index (χ2n) is 4.38. The summed E-state index contributed by atoms with van der Waals surface area (Å²) in [5.41, 5.74) is 0.852. The zero-order valence-electron chi connectivity index (χ0n) is 12.4. The molecule has 1 N–H and O–H groups in total. The molecule has 0 aliphatic heterocycles. The van der Waals surface area contributed by atoms with E-state index < -0.39 is 4.92 Å². The van der Waals surface area contributed by atoms with Crippen molar-refractivity contribution in [3.63, 3.8) is 0 Å². The van der Waals surface area contributed by atoms with Gasteiger partial charge in [-0.05, 0) is 24.3 Å². The highest BCUT2D eigenvalue weighted by molar-refractivity contribution is 8.03. The third-order valence-corrected chi connectivity index (χ3v) is 5.68. The van der Waals surface area contributed by atoms with E-state index in [1.54, 1.807) is 24.8 Å². The molecule has 2 rings (SSSR count). The van der Waals surface area contributed by atoms with Crippen molar-refractivity contribution in [3.8, 4) is 0 Å². The van der Waals surface area contributed by atoms with Crippen molar-refractivity contribution in [1.29, 1.82) is 0 Å². The summed E-state index contributed by atoms with van der Waals surface area (Å²) >= 11 is 4.29. The summed E-state index contributed by atoms with van der Waals surface area (Å²) in [4.78, 5) is 22.5. The zero-order valence-corrected chi connectivity index (χ0v) is 14.9. The first-order valence-corrected chi connectivity index (χ1v) is 9.42. The highest BCUT2D eigenvalue weighted by Crippen LogP contribution is 2.29. The van der Waals surface area contributed by atoms with E-state index >= 15 is 0 Å². The largest absolute Gasteiger partial charge is 0.320 e. The molecular formula is C13H14N4O3S3. The second-order valence-corrected chi connectivity index (χ2v) is 8.09. The van der Waals surface area contributed by atoms with Gasteiger partial charge < -0.3 is 5.32 Å². The van der Waals surface area contributed by atoms with Gasteiger partial charge in [0, 0.05) is 6.07 Å². The summed E-state index contributed by atoms with van der Waals surface area (Å²) in [7, 11) is 0. The molecule has 0 aliphatic carbocycles. The fraction of sp³-hybridized carbons (Fsp3) is 0.308. The fourth-order valence-electron chi connectivity index (χ4n) is 1.65. The quantitative estimate of drug-likeness (QED) is 0.452. The van der Waals surface area contributed by atoms with Gasteiger partial charge in [0.25, 0.3) is 5.69 Å². The van der Waals surface area contributed by atoms with Crippen LogP contribution in [0.15, 0.2) is 26.9 Å². The Morgan fingerprint density at radius 1 is 1.35 bits per heavy atom. The lowest BCUT2D eigenvalue weighted by Gasteiger charge is -2.05. The summed E-state index contributed by atoms with van der Waals surface area (Å²) in [6.07, 6.45) is 0. The molecular weight excluding hydrogens is 356 g/mol. The first-order valence-electron chi connectivity index (χ1n) is 6.63. The van der Waals surface area contributed by atoms with Crippen LogP contribution in [0.3, 0.4) is 0 Å². The number of hydrogen-bond donors (Lipinski definition) is 1. The summed E-state index contributed by atoms with van der Waals surface area (Å²) in [6, 6.07) is 4.69. The Bertz CT molecular complexity index is 720. The average Bonchev–Trinajstić information content (AvgIpc) is 2.95. The Hall–Kier alpha value is -1.65. The molecule has 122 valence electrons. The second kappa shape index (κ2) is 8.27. The first kappa shape index (κ1) is 17.7. The Kier molecular flexibility index (Phi) is 6.37. The Balaban J connectivity index is 1.95. The van der Waals surface area contributed by atoms with Gasteiger partial charge in [0.15, 0.2) is 8.68 Å². The van der Waals surface area contributed by atoms with Crippen molar-refractivity contribution in [1.82, 2.24) is 10.2 Å². The first-order chi connectivity index (χ1) is 11.0. The number of rotatable bonds is 7. The Morgan fingerprint density at radius 3 is 2.70 bits per heavy atom. The fourth-order valence-corrected chi connectivity index (χ4v) is 4.37. The molecule has 1 amide bonds. The number of anilines is 1. The molecule has 0 radical (unpaired) electrons. The highest BCUT2D eigenvalue weighted by atomic mass is 32.2. The van der Waals surface area contributed by atoms with Gasteiger partial charge in [-0.2, -0.15) is 0 Å². The number of nitrogens with one attached hydrogen (secondary N) is 1. The number of benzene rings is 1. The number of amides is 1. The molecule has 7 nitrogen and oxygen atoms in total. The topological polar surface area (TPSA) is 98.0 Å². The van der Waals surface area contributed by atoms with E-state index in [1.165, 1.54) is 35.2 Å². The Labute approximate surface area is 145 Å². The summed E-state index contributed by atoms with van der Waals surface area (Å²) in [5.74, 6) is 0.717. The monoisotopic (exact) mass is 370 g/mol. The van der Waals surface area contributed by atoms with Crippen LogP contribution in [-0.2, 0) is 4.79 Å². The van der Waals surface area contributed by atoms with E-state index in [9.17, 15) is 14.9 Å². The van der Waals surface area contributed by atoms with Crippen LogP contribution in [0.5, 0.6) is 0 Å². The van der Waals surface area contributed by atoms with Gasteiger partial charge in [-0.25, -0.2) is 0 Å². The zero-order chi connectivity index (χ0) is 16.8. The van der Waals surface area contributed by atoms with E-state index in [-0.39, 0.29) is 23.0 Å². The summed E-state index contributed by atoms with van der Waals surface area (Å²) < 4.78 is 1.57. The summed E-state index contributed by atoms with van der Waals surface area (Å²) in [6.45, 7) is 3.79. The molecule has 0 unspecified atom stereocenters. The van der Waals surface area contributed by atoms with E-state index in [0.29, 0.717) is 4.34 Å². The SMILES string of the molecule is CCSc1nnc(SCC(=O)Nc2ccc(C)cc2[N+](=O)[O-])s1. The Morgan fingerprint density at radius 2 is 2.04 bits per heavy atom. The predicted molar refractivity (Wildman–Crippen MR) is 93.5 cm³/mol. The van der Waals surface area contributed by atoms with Crippen molar-refractivity contribution in [2.45, 2.75) is 22.5 Å². The highest BCUT2D eigenvalue weighted by Gasteiger charge is 2.16. The van der Waals surface area contributed by atoms with Crippen LogP contribution in [0.4, 0.5) is 11.4 Å². The molecule has 23 heavy (non-hydrogen) atoms. The van der Waals surface area contributed by atoms with Crippen molar-refractivity contribution >= 4 is 52.1 Å². The van der Waals surface area contributed by atoms with E-state index in [2.05, 4.69) is 15.5 Å². The van der Waals surface area contributed by atoms with Gasteiger partial charge in [0.05, 0.1) is 10.7 Å². The maximum absolute atomic E-state index is 12.0. The number of carbonyl (C=O) groups is 1. The average molecular weight is 370 g/mol. The number of hydrogen-bond acceptors (Lipinski definition) is 8. The third kappa shape index (κ3) is 5.19. The number of nitro groups is 1. The standard InChI is InChI=1S/C13H14N4O3S3/c1-3-21-12-15-16-13(23-12)22-7-11(18)14-9-5-4-8(2)6-10(9)17(19)20/h4-6H,3,7H2,1-2H3,(H,14,18). The van der Waals surface area contributed by atoms with Crippen molar-refractivity contribution in [2.24, 2.45) is 0 Å². The molecule has 0 fully saturated rings. The van der Waals surface area contributed by atoms with Crippen LogP contribution in [-0.4, -0.2) is 32.5 Å². The number of thioether (sulfide) groups is 2. The number of nitro benzene ring substituents is 1. The molecule has 0 bridgehead atoms. The predicted octanol–water partition coefficient (Wildman–Crippen LogP) is 3.60. The van der Waals surface area contributed by atoms with Crippen LogP contribution >= 0.6 is 34.9 Å². The van der Waals surface area contributed by atoms with E-state index in [1.807, 2.05) is 6.92 Å². The van der Waals surface area contributed by atoms with Gasteiger partial charge in [-0.15, -0.1) is 10.2 Å². The van der Waals surface area contributed by atoms with Crippen LogP contribution in [0.2, 0.25) is 0 Å². The molecule has 10 heteroatoms. The molecule has 2 aromatic rings. The minimum absolute atomic E-state index is 0.110. The number of carbonyl (C=O) groups excluding carboxylic acids is 1. The van der Waals surface area contributed by atoms with Crippen molar-refractivity contribution in [3.05, 3.63) is 33.9 Å². The van der Waals surface area contributed by atoms with Crippen molar-refractivity contribution in [2.75, 3.05) is 16.8 Å². The minimum Gasteiger partial charge on any atom is -0.320 e. The maximum atomic E-state index is 12.0. The molecule has 0 saturated heterocycles.